The van der Waals surface area contributed by atoms with Gasteiger partial charge in [0.25, 0.3) is 0 Å². The molecule has 0 bridgehead atoms. The zero-order valence-electron chi connectivity index (χ0n) is 19.4. The van der Waals surface area contributed by atoms with Gasteiger partial charge < -0.3 is 18.9 Å². The van der Waals surface area contributed by atoms with E-state index in [1.807, 2.05) is 72.8 Å². The second-order valence-corrected chi connectivity index (χ2v) is 8.23. The van der Waals surface area contributed by atoms with Crippen LogP contribution in [0.15, 0.2) is 97.1 Å². The molecule has 0 N–H and O–H groups in total. The molecule has 0 fully saturated rings. The van der Waals surface area contributed by atoms with Crippen molar-refractivity contribution >= 4 is 0 Å². The zero-order chi connectivity index (χ0) is 23.3. The van der Waals surface area contributed by atoms with Gasteiger partial charge in [-0.25, -0.2) is 0 Å². The molecular formula is C29H28O4. The standard InChI is InChI=1S/C29H28O4/c1-29(2,21-5-9-25(10-6-21)32-27-17-13-23(30-3)14-18-27)22-7-11-26(12-8-22)33-28-19-15-24(31-4)16-20-28/h5-20H,1-4H3. The van der Waals surface area contributed by atoms with Crippen molar-refractivity contribution in [1.82, 2.24) is 0 Å². The normalized spacial score (nSPS) is 11.0. The number of hydrogen-bond donors (Lipinski definition) is 0. The third kappa shape index (κ3) is 5.29. The van der Waals surface area contributed by atoms with Gasteiger partial charge in [0.1, 0.15) is 34.5 Å². The molecule has 4 aromatic rings. The number of hydrogen-bond acceptors (Lipinski definition) is 4. The first-order chi connectivity index (χ1) is 16.0. The summed E-state index contributed by atoms with van der Waals surface area (Å²) in [5.41, 5.74) is 2.24. The minimum Gasteiger partial charge on any atom is -0.497 e. The van der Waals surface area contributed by atoms with E-state index < -0.39 is 0 Å². The van der Waals surface area contributed by atoms with Gasteiger partial charge >= 0.3 is 0 Å². The van der Waals surface area contributed by atoms with Gasteiger partial charge in [-0.1, -0.05) is 38.1 Å². The first kappa shape index (κ1) is 22.3. The Hall–Kier alpha value is -3.92. The van der Waals surface area contributed by atoms with E-state index in [4.69, 9.17) is 18.9 Å². The van der Waals surface area contributed by atoms with Gasteiger partial charge in [0.15, 0.2) is 0 Å². The number of rotatable bonds is 8. The van der Waals surface area contributed by atoms with Gasteiger partial charge in [0.05, 0.1) is 14.2 Å². The fourth-order valence-electron chi connectivity index (χ4n) is 3.61. The number of benzene rings is 4. The molecule has 4 rings (SSSR count). The van der Waals surface area contributed by atoms with E-state index in [9.17, 15) is 0 Å². The first-order valence-electron chi connectivity index (χ1n) is 10.8. The third-order valence-electron chi connectivity index (χ3n) is 5.74. The van der Waals surface area contributed by atoms with Crippen molar-refractivity contribution in [1.29, 1.82) is 0 Å². The molecule has 0 saturated heterocycles. The minimum absolute atomic E-state index is 0.169. The summed E-state index contributed by atoms with van der Waals surface area (Å²) in [4.78, 5) is 0. The lowest BCUT2D eigenvalue weighted by atomic mass is 9.78. The first-order valence-corrected chi connectivity index (χ1v) is 10.8. The Bertz CT molecular complexity index is 1070. The van der Waals surface area contributed by atoms with Crippen molar-refractivity contribution < 1.29 is 18.9 Å². The molecule has 0 aliphatic heterocycles. The van der Waals surface area contributed by atoms with Crippen molar-refractivity contribution in [2.24, 2.45) is 0 Å². The van der Waals surface area contributed by atoms with Crippen molar-refractivity contribution in [3.8, 4) is 34.5 Å². The summed E-state index contributed by atoms with van der Waals surface area (Å²) in [6, 6.07) is 31.6. The van der Waals surface area contributed by atoms with Crippen LogP contribution in [-0.4, -0.2) is 14.2 Å². The van der Waals surface area contributed by atoms with E-state index >= 15 is 0 Å². The molecule has 4 aromatic carbocycles. The Kier molecular flexibility index (Phi) is 6.55. The average Bonchev–Trinajstić information content (AvgIpc) is 2.86. The Morgan fingerprint density at radius 2 is 0.636 bits per heavy atom. The van der Waals surface area contributed by atoms with Gasteiger partial charge in [-0.05, 0) is 83.9 Å². The molecule has 168 valence electrons. The van der Waals surface area contributed by atoms with Crippen molar-refractivity contribution in [3.05, 3.63) is 108 Å². The SMILES string of the molecule is COc1ccc(Oc2ccc(C(C)(C)c3ccc(Oc4ccc(OC)cc4)cc3)cc2)cc1. The lowest BCUT2D eigenvalue weighted by molar-refractivity contribution is 0.413. The maximum absolute atomic E-state index is 5.96. The summed E-state index contributed by atoms with van der Waals surface area (Å²) in [7, 11) is 3.30. The average molecular weight is 441 g/mol. The summed E-state index contributed by atoms with van der Waals surface area (Å²) in [5.74, 6) is 4.75. The third-order valence-corrected chi connectivity index (χ3v) is 5.74. The molecule has 4 heteroatoms. The van der Waals surface area contributed by atoms with Crippen LogP contribution >= 0.6 is 0 Å². The predicted molar refractivity (Wildman–Crippen MR) is 131 cm³/mol. The van der Waals surface area contributed by atoms with Crippen molar-refractivity contribution in [2.45, 2.75) is 19.3 Å². The summed E-state index contributed by atoms with van der Waals surface area (Å²) in [5, 5.41) is 0. The van der Waals surface area contributed by atoms with Gasteiger partial charge in [0, 0.05) is 5.41 Å². The summed E-state index contributed by atoms with van der Waals surface area (Å²) >= 11 is 0. The van der Waals surface area contributed by atoms with E-state index in [2.05, 4.69) is 38.1 Å². The zero-order valence-corrected chi connectivity index (χ0v) is 19.4. The van der Waals surface area contributed by atoms with Crippen LogP contribution in [0.5, 0.6) is 34.5 Å². The maximum atomic E-state index is 5.96. The quantitative estimate of drug-likeness (QED) is 0.282. The van der Waals surface area contributed by atoms with E-state index in [0.717, 1.165) is 34.5 Å². The van der Waals surface area contributed by atoms with Crippen LogP contribution in [0.4, 0.5) is 0 Å². The van der Waals surface area contributed by atoms with Crippen LogP contribution in [0.25, 0.3) is 0 Å². The monoisotopic (exact) mass is 440 g/mol. The van der Waals surface area contributed by atoms with E-state index in [0.29, 0.717) is 0 Å². The van der Waals surface area contributed by atoms with E-state index in [-0.39, 0.29) is 5.41 Å². The fraction of sp³-hybridized carbons (Fsp3) is 0.172. The van der Waals surface area contributed by atoms with Crippen LogP contribution in [0.3, 0.4) is 0 Å². The van der Waals surface area contributed by atoms with E-state index in [1.165, 1.54) is 11.1 Å². The van der Waals surface area contributed by atoms with Gasteiger partial charge in [-0.15, -0.1) is 0 Å². The van der Waals surface area contributed by atoms with Crippen LogP contribution in [0.1, 0.15) is 25.0 Å². The van der Waals surface area contributed by atoms with Gasteiger partial charge in [-0.2, -0.15) is 0 Å². The molecule has 0 aromatic heterocycles. The number of ether oxygens (including phenoxy) is 4. The fourth-order valence-corrected chi connectivity index (χ4v) is 3.61. The topological polar surface area (TPSA) is 36.9 Å². The second-order valence-electron chi connectivity index (χ2n) is 8.23. The summed E-state index contributed by atoms with van der Waals surface area (Å²) in [6.07, 6.45) is 0. The molecule has 0 heterocycles. The maximum Gasteiger partial charge on any atom is 0.127 e. The highest BCUT2D eigenvalue weighted by atomic mass is 16.5. The molecule has 0 saturated carbocycles. The highest BCUT2D eigenvalue weighted by Gasteiger charge is 2.23. The molecule has 0 aliphatic carbocycles. The molecule has 33 heavy (non-hydrogen) atoms. The lowest BCUT2D eigenvalue weighted by Gasteiger charge is -2.26. The molecule has 0 radical (unpaired) electrons. The highest BCUT2D eigenvalue weighted by molar-refractivity contribution is 5.44. The van der Waals surface area contributed by atoms with Gasteiger partial charge in [-0.3, -0.25) is 0 Å². The molecule has 0 spiro atoms. The lowest BCUT2D eigenvalue weighted by Crippen LogP contribution is -2.18. The highest BCUT2D eigenvalue weighted by Crippen LogP contribution is 2.35. The largest absolute Gasteiger partial charge is 0.497 e. The minimum atomic E-state index is -0.169. The predicted octanol–water partition coefficient (Wildman–Crippen LogP) is 7.61. The van der Waals surface area contributed by atoms with Gasteiger partial charge in [0.2, 0.25) is 0 Å². The molecule has 0 unspecified atom stereocenters. The Morgan fingerprint density at radius 1 is 0.394 bits per heavy atom. The number of methoxy groups -OCH3 is 2. The van der Waals surface area contributed by atoms with Crippen LogP contribution in [0, 0.1) is 0 Å². The smallest absolute Gasteiger partial charge is 0.127 e. The second kappa shape index (κ2) is 9.70. The molecule has 4 nitrogen and oxygen atoms in total. The molecule has 0 aliphatic rings. The van der Waals surface area contributed by atoms with Crippen LogP contribution < -0.4 is 18.9 Å². The summed E-state index contributed by atoms with van der Waals surface area (Å²) in [6.45, 7) is 4.43. The van der Waals surface area contributed by atoms with Crippen LogP contribution in [-0.2, 0) is 5.41 Å². The van der Waals surface area contributed by atoms with E-state index in [1.54, 1.807) is 14.2 Å². The Balaban J connectivity index is 1.44. The Morgan fingerprint density at radius 3 is 0.909 bits per heavy atom. The van der Waals surface area contributed by atoms with Crippen molar-refractivity contribution in [2.75, 3.05) is 14.2 Å². The molecule has 0 atom stereocenters. The summed E-state index contributed by atoms with van der Waals surface area (Å²) < 4.78 is 22.3. The molecule has 0 amide bonds. The van der Waals surface area contributed by atoms with Crippen molar-refractivity contribution in [3.63, 3.8) is 0 Å². The molecular weight excluding hydrogens is 412 g/mol. The Labute approximate surface area is 195 Å². The van der Waals surface area contributed by atoms with Crippen LogP contribution in [0.2, 0.25) is 0 Å².